The first-order valence-corrected chi connectivity index (χ1v) is 9.02. The van der Waals surface area contributed by atoms with E-state index in [9.17, 15) is 9.59 Å². The first-order chi connectivity index (χ1) is 12.1. The summed E-state index contributed by atoms with van der Waals surface area (Å²) in [5.74, 6) is -0.128. The number of carbonyl (C=O) groups is 2. The average Bonchev–Trinajstić information content (AvgIpc) is 2.83. The van der Waals surface area contributed by atoms with Crippen molar-refractivity contribution >= 4 is 46.9 Å². The molecule has 0 fully saturated rings. The highest BCUT2D eigenvalue weighted by Gasteiger charge is 2.28. The smallest absolute Gasteiger partial charge is 0.194 e. The summed E-state index contributed by atoms with van der Waals surface area (Å²) in [6.45, 7) is 0.598. The molecule has 0 bridgehead atoms. The molecule has 2 aromatic carbocycles. The first kappa shape index (κ1) is 18.0. The predicted octanol–water partition coefficient (Wildman–Crippen LogP) is 5.20. The second-order valence-corrected chi connectivity index (χ2v) is 7.29. The molecule has 0 spiro atoms. The van der Waals surface area contributed by atoms with Crippen LogP contribution in [0, 0.1) is 0 Å². The van der Waals surface area contributed by atoms with Crippen LogP contribution in [-0.2, 0) is 0 Å². The number of hydrogen-bond acceptors (Lipinski definition) is 4. The van der Waals surface area contributed by atoms with Crippen LogP contribution in [0.5, 0.6) is 0 Å². The molecule has 4 rings (SSSR count). The zero-order valence-corrected chi connectivity index (χ0v) is 15.3. The average molecular weight is 390 g/mol. The molecule has 0 aromatic heterocycles. The SMILES string of the molecule is ClC1=CC=CSN(Cl)C1.O=C1c2ccccc2C(=O)c2ccccc21. The van der Waals surface area contributed by atoms with Crippen LogP contribution in [0.25, 0.3) is 0 Å². The van der Waals surface area contributed by atoms with Gasteiger partial charge in [0.25, 0.3) is 0 Å². The van der Waals surface area contributed by atoms with Gasteiger partial charge in [-0.3, -0.25) is 9.59 Å². The maximum Gasteiger partial charge on any atom is 0.194 e. The molecule has 0 saturated heterocycles. The van der Waals surface area contributed by atoms with Crippen molar-refractivity contribution in [2.75, 3.05) is 6.54 Å². The number of fused-ring (bicyclic) bond motifs is 2. The summed E-state index contributed by atoms with van der Waals surface area (Å²) >= 11 is 12.7. The Labute approximate surface area is 160 Å². The van der Waals surface area contributed by atoms with Gasteiger partial charge in [-0.15, -0.1) is 0 Å². The van der Waals surface area contributed by atoms with E-state index in [-0.39, 0.29) is 11.6 Å². The van der Waals surface area contributed by atoms with Gasteiger partial charge in [0, 0.05) is 27.3 Å². The standard InChI is InChI=1S/C14H8O2.C5H5Cl2NS/c15-13-9-5-1-2-6-10(9)14(16)12-8-4-3-7-11(12)13;6-5-2-1-3-9-8(7)4-5/h1-8H;1-3H,4H2. The highest BCUT2D eigenvalue weighted by molar-refractivity contribution is 8.00. The molecular weight excluding hydrogens is 377 g/mol. The van der Waals surface area contributed by atoms with Crippen molar-refractivity contribution in [2.24, 2.45) is 0 Å². The van der Waals surface area contributed by atoms with Crippen LogP contribution in [0.3, 0.4) is 0 Å². The Bertz CT molecular complexity index is 787. The zero-order valence-electron chi connectivity index (χ0n) is 13.0. The highest BCUT2D eigenvalue weighted by atomic mass is 35.5. The lowest BCUT2D eigenvalue weighted by Gasteiger charge is -2.16. The minimum absolute atomic E-state index is 0.0641. The van der Waals surface area contributed by atoms with E-state index < -0.39 is 0 Å². The fourth-order valence-corrected chi connectivity index (χ4v) is 3.59. The Balaban J connectivity index is 0.000000173. The fourth-order valence-electron chi connectivity index (χ4n) is 2.50. The Hall–Kier alpha value is -1.85. The Morgan fingerprint density at radius 1 is 0.840 bits per heavy atom. The normalized spacial score (nSPS) is 16.2. The summed E-state index contributed by atoms with van der Waals surface area (Å²) in [6.07, 6.45) is 3.70. The molecule has 6 heteroatoms. The van der Waals surface area contributed by atoms with Gasteiger partial charge in [-0.25, -0.2) is 0 Å². The molecule has 2 aromatic rings. The van der Waals surface area contributed by atoms with E-state index in [1.54, 1.807) is 52.4 Å². The third kappa shape index (κ3) is 4.05. The van der Waals surface area contributed by atoms with Crippen molar-refractivity contribution in [3.05, 3.63) is 93.4 Å². The highest BCUT2D eigenvalue weighted by Crippen LogP contribution is 2.26. The second-order valence-electron chi connectivity index (χ2n) is 5.27. The molecule has 0 saturated carbocycles. The van der Waals surface area contributed by atoms with Gasteiger partial charge in [0.1, 0.15) is 0 Å². The van der Waals surface area contributed by atoms with Crippen molar-refractivity contribution in [1.29, 1.82) is 0 Å². The molecule has 0 radical (unpaired) electrons. The lowest BCUT2D eigenvalue weighted by molar-refractivity contribution is 0.0979. The van der Waals surface area contributed by atoms with Gasteiger partial charge in [0.2, 0.25) is 0 Å². The van der Waals surface area contributed by atoms with Crippen LogP contribution >= 0.6 is 35.3 Å². The van der Waals surface area contributed by atoms with Crippen molar-refractivity contribution in [3.63, 3.8) is 0 Å². The van der Waals surface area contributed by atoms with E-state index in [4.69, 9.17) is 23.4 Å². The molecule has 1 aliphatic heterocycles. The topological polar surface area (TPSA) is 37.4 Å². The molecule has 0 atom stereocenters. The third-order valence-corrected chi connectivity index (χ3v) is 4.88. The summed E-state index contributed by atoms with van der Waals surface area (Å²) in [7, 11) is 0. The van der Waals surface area contributed by atoms with Crippen molar-refractivity contribution in [2.45, 2.75) is 0 Å². The van der Waals surface area contributed by atoms with E-state index in [0.717, 1.165) is 5.03 Å². The molecule has 126 valence electrons. The van der Waals surface area contributed by atoms with E-state index >= 15 is 0 Å². The van der Waals surface area contributed by atoms with E-state index in [1.165, 1.54) is 11.9 Å². The maximum atomic E-state index is 12.1. The number of allylic oxidation sites excluding steroid dienone is 2. The van der Waals surface area contributed by atoms with Gasteiger partial charge in [-0.05, 0) is 35.2 Å². The number of nitrogens with zero attached hydrogens (tertiary/aromatic N) is 1. The van der Waals surface area contributed by atoms with Crippen molar-refractivity contribution < 1.29 is 9.59 Å². The second kappa shape index (κ2) is 8.02. The van der Waals surface area contributed by atoms with Crippen LogP contribution in [0.15, 0.2) is 71.1 Å². The molecular formula is C19H13Cl2NO2S. The molecule has 1 aliphatic carbocycles. The van der Waals surface area contributed by atoms with Crippen LogP contribution < -0.4 is 0 Å². The zero-order chi connectivity index (χ0) is 17.8. The minimum atomic E-state index is -0.0641. The van der Waals surface area contributed by atoms with E-state index in [0.29, 0.717) is 28.8 Å². The van der Waals surface area contributed by atoms with Gasteiger partial charge in [-0.2, -0.15) is 3.82 Å². The van der Waals surface area contributed by atoms with Gasteiger partial charge in [0.15, 0.2) is 11.6 Å². The lowest BCUT2D eigenvalue weighted by Crippen LogP contribution is -2.20. The summed E-state index contributed by atoms with van der Waals surface area (Å²) in [6, 6.07) is 13.9. The molecule has 0 N–H and O–H groups in total. The van der Waals surface area contributed by atoms with Gasteiger partial charge in [-0.1, -0.05) is 66.2 Å². The van der Waals surface area contributed by atoms with Crippen LogP contribution in [0.4, 0.5) is 0 Å². The predicted molar refractivity (Wildman–Crippen MR) is 103 cm³/mol. The van der Waals surface area contributed by atoms with E-state index in [2.05, 4.69) is 0 Å². The number of carbonyl (C=O) groups excluding carboxylic acids is 2. The largest absolute Gasteiger partial charge is 0.289 e. The monoisotopic (exact) mass is 389 g/mol. The Morgan fingerprint density at radius 3 is 1.72 bits per heavy atom. The van der Waals surface area contributed by atoms with Crippen LogP contribution in [0.1, 0.15) is 31.8 Å². The number of halogens is 2. The molecule has 0 unspecified atom stereocenters. The van der Waals surface area contributed by atoms with Crippen molar-refractivity contribution in [3.8, 4) is 0 Å². The number of hydrogen-bond donors (Lipinski definition) is 0. The fraction of sp³-hybridized carbons (Fsp3) is 0.0526. The molecule has 3 nitrogen and oxygen atoms in total. The molecule has 2 aliphatic rings. The van der Waals surface area contributed by atoms with Gasteiger partial charge >= 0.3 is 0 Å². The van der Waals surface area contributed by atoms with Crippen LogP contribution in [-0.4, -0.2) is 21.9 Å². The molecule has 0 amide bonds. The van der Waals surface area contributed by atoms with E-state index in [1.807, 2.05) is 17.6 Å². The number of ketones is 2. The minimum Gasteiger partial charge on any atom is -0.289 e. The van der Waals surface area contributed by atoms with Gasteiger partial charge in [0.05, 0.1) is 6.54 Å². The van der Waals surface area contributed by atoms with Gasteiger partial charge < -0.3 is 0 Å². The van der Waals surface area contributed by atoms with Crippen molar-refractivity contribution in [1.82, 2.24) is 3.82 Å². The quantitative estimate of drug-likeness (QED) is 0.391. The number of rotatable bonds is 0. The Morgan fingerprint density at radius 2 is 1.28 bits per heavy atom. The number of benzene rings is 2. The van der Waals surface area contributed by atoms with Crippen LogP contribution in [0.2, 0.25) is 0 Å². The molecule has 25 heavy (non-hydrogen) atoms. The summed E-state index contributed by atoms with van der Waals surface area (Å²) < 4.78 is 1.54. The molecule has 1 heterocycles. The summed E-state index contributed by atoms with van der Waals surface area (Å²) in [4.78, 5) is 24.2. The summed E-state index contributed by atoms with van der Waals surface area (Å²) in [5, 5.41) is 2.63. The maximum absolute atomic E-state index is 12.1. The lowest BCUT2D eigenvalue weighted by atomic mass is 9.84. The first-order valence-electron chi connectivity index (χ1n) is 7.46. The summed E-state index contributed by atoms with van der Waals surface area (Å²) in [5.41, 5.74) is 2.02. The Kier molecular flexibility index (Phi) is 5.76. The third-order valence-electron chi connectivity index (χ3n) is 3.64.